The highest BCUT2D eigenvalue weighted by atomic mass is 32.1. The van der Waals surface area contributed by atoms with E-state index in [2.05, 4.69) is 4.98 Å². The maximum Gasteiger partial charge on any atom is 0.193 e. The Labute approximate surface area is 91.8 Å². The first-order valence-electron chi connectivity index (χ1n) is 5.24. The molecule has 15 heavy (non-hydrogen) atoms. The number of fused-ring (bicyclic) bond motifs is 1. The van der Waals surface area contributed by atoms with E-state index in [1.165, 1.54) is 12.8 Å². The van der Waals surface area contributed by atoms with Crippen molar-refractivity contribution in [3.05, 3.63) is 23.5 Å². The van der Waals surface area contributed by atoms with Crippen LogP contribution in [0.2, 0.25) is 0 Å². The lowest BCUT2D eigenvalue weighted by atomic mass is 10.1. The fraction of sp³-hybridized carbons (Fsp3) is 0.455. The van der Waals surface area contributed by atoms with Crippen molar-refractivity contribution < 1.29 is 4.79 Å². The van der Waals surface area contributed by atoms with Gasteiger partial charge in [0.05, 0.1) is 12.1 Å². The van der Waals surface area contributed by atoms with Gasteiger partial charge in [-0.2, -0.15) is 0 Å². The van der Waals surface area contributed by atoms with E-state index >= 15 is 0 Å². The molecule has 1 fully saturated rings. The number of hydrogen-bond acceptors (Lipinski definition) is 3. The Morgan fingerprint density at radius 2 is 2.47 bits per heavy atom. The second kappa shape index (κ2) is 3.45. The number of Topliss-reactive ketones (excluding diaryl/α,β-unsaturated/α-hetero) is 1. The Balaban J connectivity index is 1.71. The maximum absolute atomic E-state index is 11.6. The van der Waals surface area contributed by atoms with E-state index in [4.69, 9.17) is 0 Å². The van der Waals surface area contributed by atoms with Crippen molar-refractivity contribution in [3.8, 4) is 0 Å². The SMILES string of the molecule is O=C(Cc1cn2ccsc2n1)CC1CC1. The van der Waals surface area contributed by atoms with Gasteiger partial charge in [-0.3, -0.25) is 9.20 Å². The van der Waals surface area contributed by atoms with E-state index in [0.717, 1.165) is 17.1 Å². The average Bonchev–Trinajstić information content (AvgIpc) is 2.73. The Hall–Kier alpha value is -1.16. The van der Waals surface area contributed by atoms with Gasteiger partial charge in [-0.1, -0.05) is 0 Å². The highest BCUT2D eigenvalue weighted by Gasteiger charge is 2.24. The first kappa shape index (κ1) is 9.09. The van der Waals surface area contributed by atoms with Crippen molar-refractivity contribution in [2.24, 2.45) is 5.92 Å². The lowest BCUT2D eigenvalue weighted by Crippen LogP contribution is -2.03. The standard InChI is InChI=1S/C11H12N2OS/c14-10(5-8-1-2-8)6-9-7-13-3-4-15-11(13)12-9/h3-4,7-8H,1-2,5-6H2. The zero-order chi connectivity index (χ0) is 10.3. The van der Waals surface area contributed by atoms with Gasteiger partial charge in [0.15, 0.2) is 4.96 Å². The third-order valence-corrected chi connectivity index (χ3v) is 3.51. The van der Waals surface area contributed by atoms with E-state index in [-0.39, 0.29) is 0 Å². The first-order chi connectivity index (χ1) is 7.31. The fourth-order valence-electron chi connectivity index (χ4n) is 1.78. The van der Waals surface area contributed by atoms with Crippen molar-refractivity contribution in [2.45, 2.75) is 25.7 Å². The summed E-state index contributed by atoms with van der Waals surface area (Å²) in [5.41, 5.74) is 0.910. The molecule has 0 unspecified atom stereocenters. The van der Waals surface area contributed by atoms with Crippen molar-refractivity contribution in [1.82, 2.24) is 9.38 Å². The zero-order valence-electron chi connectivity index (χ0n) is 8.35. The molecule has 0 aromatic carbocycles. The molecule has 0 spiro atoms. The molecule has 0 radical (unpaired) electrons. The monoisotopic (exact) mass is 220 g/mol. The van der Waals surface area contributed by atoms with Crippen LogP contribution in [0.1, 0.15) is 25.0 Å². The molecule has 3 nitrogen and oxygen atoms in total. The highest BCUT2D eigenvalue weighted by molar-refractivity contribution is 7.15. The van der Waals surface area contributed by atoms with Gasteiger partial charge in [0.2, 0.25) is 0 Å². The van der Waals surface area contributed by atoms with Gasteiger partial charge in [0.25, 0.3) is 0 Å². The van der Waals surface area contributed by atoms with Gasteiger partial charge in [-0.05, 0) is 18.8 Å². The van der Waals surface area contributed by atoms with E-state index in [1.54, 1.807) is 11.3 Å². The summed E-state index contributed by atoms with van der Waals surface area (Å²) in [4.78, 5) is 17.0. The molecule has 3 rings (SSSR count). The Bertz CT molecular complexity index is 467. The van der Waals surface area contributed by atoms with Crippen LogP contribution in [0.5, 0.6) is 0 Å². The lowest BCUT2D eigenvalue weighted by Gasteiger charge is -1.94. The predicted molar refractivity (Wildman–Crippen MR) is 59.1 cm³/mol. The van der Waals surface area contributed by atoms with Crippen molar-refractivity contribution in [3.63, 3.8) is 0 Å². The molecule has 2 aromatic heterocycles. The van der Waals surface area contributed by atoms with Crippen LogP contribution in [0.25, 0.3) is 4.96 Å². The van der Waals surface area contributed by atoms with Crippen molar-refractivity contribution in [2.75, 3.05) is 0 Å². The summed E-state index contributed by atoms with van der Waals surface area (Å²) in [5.74, 6) is 1.02. The fourth-order valence-corrected chi connectivity index (χ4v) is 2.50. The van der Waals surface area contributed by atoms with Gasteiger partial charge in [0, 0.05) is 24.2 Å². The summed E-state index contributed by atoms with van der Waals surface area (Å²) in [7, 11) is 0. The maximum atomic E-state index is 11.6. The molecule has 78 valence electrons. The quantitative estimate of drug-likeness (QED) is 0.792. The minimum absolute atomic E-state index is 0.336. The number of aromatic nitrogens is 2. The topological polar surface area (TPSA) is 34.4 Å². The van der Waals surface area contributed by atoms with Crippen molar-refractivity contribution >= 4 is 22.1 Å². The molecule has 4 heteroatoms. The number of carbonyl (C=O) groups excluding carboxylic acids is 1. The molecule has 0 atom stereocenters. The number of carbonyl (C=O) groups is 1. The second-order valence-electron chi connectivity index (χ2n) is 4.19. The number of rotatable bonds is 4. The predicted octanol–water partition coefficient (Wildman–Crippen LogP) is 2.31. The molecule has 0 amide bonds. The van der Waals surface area contributed by atoms with E-state index in [9.17, 15) is 4.79 Å². The van der Waals surface area contributed by atoms with Crippen LogP contribution in [0.4, 0.5) is 0 Å². The molecule has 0 N–H and O–H groups in total. The summed E-state index contributed by atoms with van der Waals surface area (Å²) in [6, 6.07) is 0. The Morgan fingerprint density at radius 1 is 1.60 bits per heavy atom. The minimum Gasteiger partial charge on any atom is -0.299 e. The van der Waals surface area contributed by atoms with Crippen LogP contribution >= 0.6 is 11.3 Å². The summed E-state index contributed by atoms with van der Waals surface area (Å²) in [5, 5.41) is 2.00. The van der Waals surface area contributed by atoms with Gasteiger partial charge in [-0.25, -0.2) is 4.98 Å². The number of ketones is 1. The van der Waals surface area contributed by atoms with Gasteiger partial charge in [0.1, 0.15) is 5.78 Å². The number of thiazole rings is 1. The van der Waals surface area contributed by atoms with Gasteiger partial charge in [-0.15, -0.1) is 11.3 Å². The molecule has 2 aromatic rings. The number of hydrogen-bond donors (Lipinski definition) is 0. The van der Waals surface area contributed by atoms with Crippen LogP contribution in [-0.4, -0.2) is 15.2 Å². The molecule has 2 heterocycles. The minimum atomic E-state index is 0.336. The lowest BCUT2D eigenvalue weighted by molar-refractivity contribution is -0.118. The Morgan fingerprint density at radius 3 is 3.20 bits per heavy atom. The first-order valence-corrected chi connectivity index (χ1v) is 6.12. The smallest absolute Gasteiger partial charge is 0.193 e. The van der Waals surface area contributed by atoms with Crippen LogP contribution < -0.4 is 0 Å². The number of imidazole rings is 1. The molecular formula is C11H12N2OS. The largest absolute Gasteiger partial charge is 0.299 e. The van der Waals surface area contributed by atoms with Crippen molar-refractivity contribution in [1.29, 1.82) is 0 Å². The molecule has 1 aliphatic carbocycles. The van der Waals surface area contributed by atoms with Gasteiger partial charge < -0.3 is 0 Å². The molecular weight excluding hydrogens is 208 g/mol. The second-order valence-corrected chi connectivity index (χ2v) is 5.06. The van der Waals surface area contributed by atoms with Crippen LogP contribution in [-0.2, 0) is 11.2 Å². The molecule has 0 aliphatic heterocycles. The van der Waals surface area contributed by atoms with E-state index in [1.807, 2.05) is 22.2 Å². The summed E-state index contributed by atoms with van der Waals surface area (Å²) >= 11 is 1.60. The summed E-state index contributed by atoms with van der Waals surface area (Å²) < 4.78 is 1.98. The van der Waals surface area contributed by atoms with Crippen LogP contribution in [0.15, 0.2) is 17.8 Å². The summed E-state index contributed by atoms with van der Waals surface area (Å²) in [6.45, 7) is 0. The third kappa shape index (κ3) is 1.95. The molecule has 1 aliphatic rings. The third-order valence-electron chi connectivity index (χ3n) is 2.73. The van der Waals surface area contributed by atoms with E-state index in [0.29, 0.717) is 18.1 Å². The molecule has 0 saturated heterocycles. The normalized spacial score (nSPS) is 16.0. The molecule has 0 bridgehead atoms. The highest BCUT2D eigenvalue weighted by Crippen LogP contribution is 2.32. The van der Waals surface area contributed by atoms with E-state index < -0.39 is 0 Å². The molecule has 1 saturated carbocycles. The van der Waals surface area contributed by atoms with Gasteiger partial charge >= 0.3 is 0 Å². The summed E-state index contributed by atoms with van der Waals surface area (Å²) in [6.07, 6.45) is 7.67. The number of nitrogens with zero attached hydrogens (tertiary/aromatic N) is 2. The average molecular weight is 220 g/mol. The zero-order valence-corrected chi connectivity index (χ0v) is 9.17. The Kier molecular flexibility index (Phi) is 2.09. The van der Waals surface area contributed by atoms with Crippen LogP contribution in [0.3, 0.4) is 0 Å². The van der Waals surface area contributed by atoms with Crippen LogP contribution in [0, 0.1) is 5.92 Å².